The smallest absolute Gasteiger partial charge is 0.326 e. The van der Waals surface area contributed by atoms with E-state index in [0.29, 0.717) is 13.0 Å². The summed E-state index contributed by atoms with van der Waals surface area (Å²) in [6.45, 7) is 0.578. The number of carbonyl (C=O) groups excluding carboxylic acids is 1. The molecular weight excluding hydrogens is 254 g/mol. The van der Waals surface area contributed by atoms with Crippen LogP contribution in [0.15, 0.2) is 24.3 Å². The zero-order valence-electron chi connectivity index (χ0n) is 11.4. The summed E-state index contributed by atoms with van der Waals surface area (Å²) in [4.78, 5) is 25.7. The molecule has 1 amide bonds. The van der Waals surface area contributed by atoms with E-state index in [0.717, 1.165) is 31.2 Å². The molecule has 1 aliphatic carbocycles. The molecule has 0 bridgehead atoms. The van der Waals surface area contributed by atoms with Gasteiger partial charge < -0.3 is 10.0 Å². The van der Waals surface area contributed by atoms with Gasteiger partial charge in [-0.3, -0.25) is 4.79 Å². The van der Waals surface area contributed by atoms with Crippen molar-refractivity contribution in [2.75, 3.05) is 6.54 Å². The molecule has 1 aromatic carbocycles. The number of rotatable bonds is 2. The van der Waals surface area contributed by atoms with Gasteiger partial charge >= 0.3 is 5.97 Å². The molecule has 1 aliphatic heterocycles. The minimum absolute atomic E-state index is 0.00190. The third-order valence-corrected chi connectivity index (χ3v) is 4.50. The highest BCUT2D eigenvalue weighted by Gasteiger charge is 2.38. The third-order valence-electron chi connectivity index (χ3n) is 4.50. The first-order chi connectivity index (χ1) is 9.68. The zero-order valence-corrected chi connectivity index (χ0v) is 11.4. The Morgan fingerprint density at radius 3 is 2.75 bits per heavy atom. The molecule has 0 radical (unpaired) electrons. The van der Waals surface area contributed by atoms with Crippen molar-refractivity contribution in [3.05, 3.63) is 35.4 Å². The van der Waals surface area contributed by atoms with Crippen molar-refractivity contribution in [1.82, 2.24) is 4.90 Å². The Kier molecular flexibility index (Phi) is 3.47. The van der Waals surface area contributed by atoms with E-state index in [1.807, 2.05) is 18.2 Å². The van der Waals surface area contributed by atoms with E-state index in [4.69, 9.17) is 0 Å². The van der Waals surface area contributed by atoms with Crippen LogP contribution in [0, 0.1) is 0 Å². The van der Waals surface area contributed by atoms with E-state index >= 15 is 0 Å². The van der Waals surface area contributed by atoms with Gasteiger partial charge in [-0.2, -0.15) is 0 Å². The molecule has 0 saturated carbocycles. The SMILES string of the molecule is O=C(O)[C@H]1CCCCN1C(=O)C1CCc2ccccc21. The van der Waals surface area contributed by atoms with Crippen LogP contribution in [-0.4, -0.2) is 34.5 Å². The molecule has 2 atom stereocenters. The normalized spacial score (nSPS) is 25.3. The van der Waals surface area contributed by atoms with Crippen molar-refractivity contribution < 1.29 is 14.7 Å². The van der Waals surface area contributed by atoms with Crippen molar-refractivity contribution in [2.45, 2.75) is 44.1 Å². The van der Waals surface area contributed by atoms with Gasteiger partial charge in [-0.15, -0.1) is 0 Å². The van der Waals surface area contributed by atoms with Gasteiger partial charge in [0.2, 0.25) is 5.91 Å². The van der Waals surface area contributed by atoms with Crippen LogP contribution in [0.3, 0.4) is 0 Å². The third kappa shape index (κ3) is 2.19. The largest absolute Gasteiger partial charge is 0.480 e. The van der Waals surface area contributed by atoms with Crippen LogP contribution in [0.4, 0.5) is 0 Å². The Morgan fingerprint density at radius 1 is 1.15 bits per heavy atom. The van der Waals surface area contributed by atoms with Crippen LogP contribution in [-0.2, 0) is 16.0 Å². The Morgan fingerprint density at radius 2 is 1.95 bits per heavy atom. The predicted molar refractivity (Wildman–Crippen MR) is 74.5 cm³/mol. The van der Waals surface area contributed by atoms with Gasteiger partial charge in [-0.05, 0) is 43.2 Å². The number of fused-ring (bicyclic) bond motifs is 1. The van der Waals surface area contributed by atoms with E-state index in [1.165, 1.54) is 5.56 Å². The van der Waals surface area contributed by atoms with Crippen molar-refractivity contribution in [1.29, 1.82) is 0 Å². The molecule has 4 heteroatoms. The fraction of sp³-hybridized carbons (Fsp3) is 0.500. The van der Waals surface area contributed by atoms with Crippen LogP contribution >= 0.6 is 0 Å². The minimum Gasteiger partial charge on any atom is -0.480 e. The van der Waals surface area contributed by atoms with Gasteiger partial charge in [0.25, 0.3) is 0 Å². The maximum Gasteiger partial charge on any atom is 0.326 e. The van der Waals surface area contributed by atoms with Gasteiger partial charge in [-0.25, -0.2) is 4.79 Å². The molecule has 2 aliphatic rings. The molecule has 0 aromatic heterocycles. The van der Waals surface area contributed by atoms with E-state index < -0.39 is 12.0 Å². The van der Waals surface area contributed by atoms with E-state index in [2.05, 4.69) is 6.07 Å². The number of likely N-dealkylation sites (tertiary alicyclic amines) is 1. The summed E-state index contributed by atoms with van der Waals surface area (Å²) < 4.78 is 0. The standard InChI is InChI=1S/C16H19NO3/c18-15(17-10-4-3-7-14(17)16(19)20)13-9-8-11-5-1-2-6-12(11)13/h1-2,5-6,13-14H,3-4,7-10H2,(H,19,20)/t13?,14-/m1/s1. The monoisotopic (exact) mass is 273 g/mol. The number of benzene rings is 1. The topological polar surface area (TPSA) is 57.6 Å². The summed E-state index contributed by atoms with van der Waals surface area (Å²) in [5.41, 5.74) is 2.32. The number of hydrogen-bond acceptors (Lipinski definition) is 2. The van der Waals surface area contributed by atoms with Gasteiger partial charge in [-0.1, -0.05) is 24.3 Å². The van der Waals surface area contributed by atoms with Crippen molar-refractivity contribution in [3.8, 4) is 0 Å². The van der Waals surface area contributed by atoms with Crippen molar-refractivity contribution >= 4 is 11.9 Å². The molecule has 106 valence electrons. The number of carboxylic acid groups (broad SMARTS) is 1. The summed E-state index contributed by atoms with van der Waals surface area (Å²) in [6.07, 6.45) is 4.10. The molecule has 1 fully saturated rings. The van der Waals surface area contributed by atoms with Gasteiger partial charge in [0.15, 0.2) is 0 Å². The lowest BCUT2D eigenvalue weighted by Gasteiger charge is -2.34. The lowest BCUT2D eigenvalue weighted by atomic mass is 9.95. The highest BCUT2D eigenvalue weighted by atomic mass is 16.4. The Hall–Kier alpha value is -1.84. The average molecular weight is 273 g/mol. The molecule has 0 spiro atoms. The molecule has 20 heavy (non-hydrogen) atoms. The van der Waals surface area contributed by atoms with Crippen LogP contribution < -0.4 is 0 Å². The molecule has 1 unspecified atom stereocenters. The number of amides is 1. The summed E-state index contributed by atoms with van der Waals surface area (Å²) in [6, 6.07) is 7.38. The molecule has 1 saturated heterocycles. The fourth-order valence-corrected chi connectivity index (χ4v) is 3.47. The molecule has 1 heterocycles. The first-order valence-corrected chi connectivity index (χ1v) is 7.29. The lowest BCUT2D eigenvalue weighted by molar-refractivity contribution is -0.152. The fourth-order valence-electron chi connectivity index (χ4n) is 3.47. The molecule has 1 N–H and O–H groups in total. The lowest BCUT2D eigenvalue weighted by Crippen LogP contribution is -2.49. The van der Waals surface area contributed by atoms with E-state index in [1.54, 1.807) is 4.90 Å². The molecule has 1 aromatic rings. The number of aryl methyl sites for hydroxylation is 1. The number of aliphatic carboxylic acids is 1. The number of carbonyl (C=O) groups is 2. The van der Waals surface area contributed by atoms with E-state index in [9.17, 15) is 14.7 Å². The average Bonchev–Trinajstić information content (AvgIpc) is 2.90. The van der Waals surface area contributed by atoms with Crippen LogP contribution in [0.2, 0.25) is 0 Å². The Bertz CT molecular complexity index is 540. The van der Waals surface area contributed by atoms with E-state index in [-0.39, 0.29) is 11.8 Å². The Balaban J connectivity index is 1.84. The van der Waals surface area contributed by atoms with Gasteiger partial charge in [0.05, 0.1) is 5.92 Å². The highest BCUT2D eigenvalue weighted by molar-refractivity contribution is 5.89. The van der Waals surface area contributed by atoms with Crippen LogP contribution in [0.5, 0.6) is 0 Å². The van der Waals surface area contributed by atoms with Crippen LogP contribution in [0.25, 0.3) is 0 Å². The number of piperidine rings is 1. The predicted octanol–water partition coefficient (Wildman–Crippen LogP) is 2.18. The second-order valence-corrected chi connectivity index (χ2v) is 5.67. The number of hydrogen-bond donors (Lipinski definition) is 1. The van der Waals surface area contributed by atoms with Crippen LogP contribution in [0.1, 0.15) is 42.7 Å². The summed E-state index contributed by atoms with van der Waals surface area (Å²) in [5.74, 6) is -1.02. The maximum absolute atomic E-state index is 12.7. The van der Waals surface area contributed by atoms with Gasteiger partial charge in [0.1, 0.15) is 6.04 Å². The van der Waals surface area contributed by atoms with Gasteiger partial charge in [0, 0.05) is 6.54 Å². The number of nitrogens with zero attached hydrogens (tertiary/aromatic N) is 1. The number of carboxylic acids is 1. The Labute approximate surface area is 118 Å². The molecular formula is C16H19NO3. The molecule has 4 nitrogen and oxygen atoms in total. The first kappa shape index (κ1) is 13.2. The minimum atomic E-state index is -0.871. The summed E-state index contributed by atoms with van der Waals surface area (Å²) in [5, 5.41) is 9.30. The van der Waals surface area contributed by atoms with Crippen molar-refractivity contribution in [2.24, 2.45) is 0 Å². The second-order valence-electron chi connectivity index (χ2n) is 5.67. The second kappa shape index (κ2) is 5.27. The molecule has 3 rings (SSSR count). The zero-order chi connectivity index (χ0) is 14.1. The first-order valence-electron chi connectivity index (χ1n) is 7.29. The van der Waals surface area contributed by atoms with Crippen molar-refractivity contribution in [3.63, 3.8) is 0 Å². The summed E-state index contributed by atoms with van der Waals surface area (Å²) in [7, 11) is 0. The maximum atomic E-state index is 12.7. The highest BCUT2D eigenvalue weighted by Crippen LogP contribution is 2.35. The quantitative estimate of drug-likeness (QED) is 0.898. The summed E-state index contributed by atoms with van der Waals surface area (Å²) >= 11 is 0.